The molecule has 1 aromatic carbocycles. The van der Waals surface area contributed by atoms with Crippen molar-refractivity contribution in [1.29, 1.82) is 0 Å². The monoisotopic (exact) mass is 248 g/mol. The second-order valence-corrected chi connectivity index (χ2v) is 4.95. The van der Waals surface area contributed by atoms with Crippen molar-refractivity contribution in [3.8, 4) is 0 Å². The van der Waals surface area contributed by atoms with E-state index in [0.29, 0.717) is 18.6 Å². The predicted octanol–water partition coefficient (Wildman–Crippen LogP) is 1.67. The first kappa shape index (κ1) is 13.5. The van der Waals surface area contributed by atoms with E-state index in [4.69, 9.17) is 10.5 Å². The maximum Gasteiger partial charge on any atom is 0.0622 e. The minimum Gasteiger partial charge on any atom is -0.378 e. The van der Waals surface area contributed by atoms with Crippen LogP contribution in [0.5, 0.6) is 0 Å². The number of hydrogen-bond donors (Lipinski definition) is 1. The van der Waals surface area contributed by atoms with Crippen LogP contribution in [0.4, 0.5) is 0 Å². The maximum absolute atomic E-state index is 5.99. The maximum atomic E-state index is 5.99. The molecule has 3 nitrogen and oxygen atoms in total. The van der Waals surface area contributed by atoms with Gasteiger partial charge in [0.15, 0.2) is 0 Å². The normalized spacial score (nSPS) is 22.9. The van der Waals surface area contributed by atoms with E-state index in [1.807, 2.05) is 0 Å². The summed E-state index contributed by atoms with van der Waals surface area (Å²) in [5.74, 6) is 0. The molecule has 18 heavy (non-hydrogen) atoms. The van der Waals surface area contributed by atoms with Gasteiger partial charge in [0.05, 0.1) is 13.2 Å². The number of nitrogens with two attached hydrogens (primary N) is 1. The number of rotatable bonds is 5. The van der Waals surface area contributed by atoms with E-state index in [2.05, 4.69) is 42.2 Å². The molecule has 1 aliphatic heterocycles. The third kappa shape index (κ3) is 3.31. The molecule has 2 rings (SSSR count). The lowest BCUT2D eigenvalue weighted by Gasteiger charge is -2.40. The minimum atomic E-state index is 0.432. The first-order valence-corrected chi connectivity index (χ1v) is 6.92. The van der Waals surface area contributed by atoms with Gasteiger partial charge in [-0.25, -0.2) is 0 Å². The molecule has 1 fully saturated rings. The Morgan fingerprint density at radius 3 is 2.83 bits per heavy atom. The smallest absolute Gasteiger partial charge is 0.0622 e. The molecule has 0 bridgehead atoms. The lowest BCUT2D eigenvalue weighted by molar-refractivity contribution is -0.0282. The topological polar surface area (TPSA) is 38.5 Å². The van der Waals surface area contributed by atoms with Gasteiger partial charge in [-0.05, 0) is 18.4 Å². The number of hydrogen-bond acceptors (Lipinski definition) is 3. The Hall–Kier alpha value is -0.900. The molecular weight excluding hydrogens is 224 g/mol. The van der Waals surface area contributed by atoms with Gasteiger partial charge in [-0.2, -0.15) is 0 Å². The van der Waals surface area contributed by atoms with Crippen LogP contribution in [-0.2, 0) is 11.2 Å². The molecule has 0 aromatic heterocycles. The molecule has 1 aliphatic rings. The summed E-state index contributed by atoms with van der Waals surface area (Å²) >= 11 is 0. The van der Waals surface area contributed by atoms with E-state index >= 15 is 0 Å². The average molecular weight is 248 g/mol. The molecule has 1 heterocycles. The van der Waals surface area contributed by atoms with Crippen LogP contribution in [0.25, 0.3) is 0 Å². The molecule has 0 spiro atoms. The van der Waals surface area contributed by atoms with Crippen molar-refractivity contribution in [1.82, 2.24) is 4.90 Å². The van der Waals surface area contributed by atoms with E-state index in [9.17, 15) is 0 Å². The molecule has 3 heteroatoms. The zero-order chi connectivity index (χ0) is 12.8. The van der Waals surface area contributed by atoms with Crippen LogP contribution in [0, 0.1) is 0 Å². The zero-order valence-corrected chi connectivity index (χ0v) is 11.2. The molecule has 0 aliphatic carbocycles. The molecular formula is C15H24N2O. The fourth-order valence-corrected chi connectivity index (χ4v) is 2.72. The highest BCUT2D eigenvalue weighted by Crippen LogP contribution is 2.16. The van der Waals surface area contributed by atoms with Gasteiger partial charge in [0, 0.05) is 25.2 Å². The van der Waals surface area contributed by atoms with Crippen molar-refractivity contribution in [2.24, 2.45) is 5.73 Å². The highest BCUT2D eigenvalue weighted by atomic mass is 16.5. The van der Waals surface area contributed by atoms with Crippen molar-refractivity contribution < 1.29 is 4.74 Å². The van der Waals surface area contributed by atoms with E-state index < -0.39 is 0 Å². The summed E-state index contributed by atoms with van der Waals surface area (Å²) in [6.07, 6.45) is 2.17. The fourth-order valence-electron chi connectivity index (χ4n) is 2.72. The van der Waals surface area contributed by atoms with Crippen LogP contribution in [0.15, 0.2) is 30.3 Å². The van der Waals surface area contributed by atoms with Crippen molar-refractivity contribution in [3.05, 3.63) is 35.9 Å². The van der Waals surface area contributed by atoms with E-state index in [1.54, 1.807) is 0 Å². The van der Waals surface area contributed by atoms with E-state index in [-0.39, 0.29) is 0 Å². The Morgan fingerprint density at radius 2 is 2.17 bits per heavy atom. The van der Waals surface area contributed by atoms with Gasteiger partial charge in [-0.1, -0.05) is 37.3 Å². The Kier molecular flexibility index (Phi) is 5.17. The van der Waals surface area contributed by atoms with Gasteiger partial charge in [0.2, 0.25) is 0 Å². The number of ether oxygens (including phenoxy) is 1. The Labute approximate surface area is 110 Å². The van der Waals surface area contributed by atoms with Gasteiger partial charge in [0.25, 0.3) is 0 Å². The Morgan fingerprint density at radius 1 is 1.39 bits per heavy atom. The number of morpholine rings is 1. The molecule has 100 valence electrons. The van der Waals surface area contributed by atoms with E-state index in [0.717, 1.165) is 32.6 Å². The Bertz CT molecular complexity index is 342. The standard InChI is InChI=1S/C15H24N2O/c1-2-14-12-18-9-8-17(14)15(11-16)10-13-6-4-3-5-7-13/h3-7,14-15H,2,8-12,16H2,1H3. The van der Waals surface area contributed by atoms with Crippen LogP contribution >= 0.6 is 0 Å². The summed E-state index contributed by atoms with van der Waals surface area (Å²) in [5.41, 5.74) is 7.36. The van der Waals surface area contributed by atoms with Crippen LogP contribution in [0.1, 0.15) is 18.9 Å². The Balaban J connectivity index is 2.03. The molecule has 0 radical (unpaired) electrons. The molecule has 1 saturated heterocycles. The molecule has 0 saturated carbocycles. The summed E-state index contributed by atoms with van der Waals surface area (Å²) in [7, 11) is 0. The minimum absolute atomic E-state index is 0.432. The predicted molar refractivity (Wildman–Crippen MR) is 74.6 cm³/mol. The molecule has 2 N–H and O–H groups in total. The van der Waals surface area contributed by atoms with Gasteiger partial charge in [0.1, 0.15) is 0 Å². The molecule has 2 unspecified atom stereocenters. The largest absolute Gasteiger partial charge is 0.378 e. The highest BCUT2D eigenvalue weighted by molar-refractivity contribution is 5.16. The summed E-state index contributed by atoms with van der Waals surface area (Å²) < 4.78 is 5.57. The highest BCUT2D eigenvalue weighted by Gasteiger charge is 2.27. The van der Waals surface area contributed by atoms with Gasteiger partial charge in [-0.15, -0.1) is 0 Å². The summed E-state index contributed by atoms with van der Waals surface area (Å²) in [4.78, 5) is 2.54. The second kappa shape index (κ2) is 6.88. The quantitative estimate of drug-likeness (QED) is 0.861. The molecule has 1 aromatic rings. The third-order valence-corrected chi connectivity index (χ3v) is 3.80. The van der Waals surface area contributed by atoms with Crippen LogP contribution < -0.4 is 5.73 Å². The number of nitrogens with zero attached hydrogens (tertiary/aromatic N) is 1. The van der Waals surface area contributed by atoms with Crippen molar-refractivity contribution >= 4 is 0 Å². The van der Waals surface area contributed by atoms with Gasteiger partial charge < -0.3 is 10.5 Å². The third-order valence-electron chi connectivity index (χ3n) is 3.80. The number of benzene rings is 1. The van der Waals surface area contributed by atoms with Crippen molar-refractivity contribution in [3.63, 3.8) is 0 Å². The van der Waals surface area contributed by atoms with E-state index in [1.165, 1.54) is 5.56 Å². The zero-order valence-electron chi connectivity index (χ0n) is 11.2. The summed E-state index contributed by atoms with van der Waals surface area (Å²) in [6.45, 7) is 5.63. The van der Waals surface area contributed by atoms with Gasteiger partial charge >= 0.3 is 0 Å². The molecule has 2 atom stereocenters. The first-order chi connectivity index (χ1) is 8.85. The van der Waals surface area contributed by atoms with Gasteiger partial charge in [-0.3, -0.25) is 4.90 Å². The SMILES string of the molecule is CCC1COCCN1C(CN)Cc1ccccc1. The lowest BCUT2D eigenvalue weighted by Crippen LogP contribution is -2.53. The average Bonchev–Trinajstić information content (AvgIpc) is 2.46. The van der Waals surface area contributed by atoms with Crippen LogP contribution in [0.2, 0.25) is 0 Å². The summed E-state index contributed by atoms with van der Waals surface area (Å²) in [5, 5.41) is 0. The van der Waals surface area contributed by atoms with Crippen LogP contribution in [0.3, 0.4) is 0 Å². The first-order valence-electron chi connectivity index (χ1n) is 6.92. The fraction of sp³-hybridized carbons (Fsp3) is 0.600. The van der Waals surface area contributed by atoms with Crippen molar-refractivity contribution in [2.75, 3.05) is 26.3 Å². The van der Waals surface area contributed by atoms with Crippen LogP contribution in [-0.4, -0.2) is 43.3 Å². The second-order valence-electron chi connectivity index (χ2n) is 4.95. The van der Waals surface area contributed by atoms with Crippen molar-refractivity contribution in [2.45, 2.75) is 31.8 Å². The lowest BCUT2D eigenvalue weighted by atomic mass is 10.0. The summed E-state index contributed by atoms with van der Waals surface area (Å²) in [6, 6.07) is 11.6. The molecule has 0 amide bonds.